The number of anilines is 1. The average Bonchev–Trinajstić information content (AvgIpc) is 3.12. The number of carbonyl (C=O) groups is 2. The minimum absolute atomic E-state index is 0.0310. The van der Waals surface area contributed by atoms with Crippen molar-refractivity contribution in [3.8, 4) is 0 Å². The van der Waals surface area contributed by atoms with Crippen LogP contribution in [-0.2, 0) is 22.6 Å². The van der Waals surface area contributed by atoms with Gasteiger partial charge in [0.1, 0.15) is 5.82 Å². The number of nitrogens with one attached hydrogen (secondary N) is 2. The van der Waals surface area contributed by atoms with Crippen molar-refractivity contribution >= 4 is 29.3 Å². The molecule has 7 nitrogen and oxygen atoms in total. The van der Waals surface area contributed by atoms with Gasteiger partial charge in [-0.25, -0.2) is 0 Å². The molecule has 1 aromatic carbocycles. The van der Waals surface area contributed by atoms with E-state index in [1.165, 1.54) is 36.6 Å². The van der Waals surface area contributed by atoms with Crippen molar-refractivity contribution < 1.29 is 9.59 Å². The van der Waals surface area contributed by atoms with Crippen molar-refractivity contribution in [3.63, 3.8) is 0 Å². The fraction of sp³-hybridized carbons (Fsp3) is 0.565. The Morgan fingerprint density at radius 1 is 1.13 bits per heavy atom. The van der Waals surface area contributed by atoms with Crippen LogP contribution in [-0.4, -0.2) is 38.4 Å². The molecule has 0 radical (unpaired) electrons. The van der Waals surface area contributed by atoms with Gasteiger partial charge in [0.05, 0.1) is 12.2 Å². The van der Waals surface area contributed by atoms with E-state index in [1.54, 1.807) is 0 Å². The fourth-order valence-corrected chi connectivity index (χ4v) is 4.78. The van der Waals surface area contributed by atoms with E-state index in [1.807, 2.05) is 43.5 Å². The van der Waals surface area contributed by atoms with E-state index in [0.29, 0.717) is 29.2 Å². The Morgan fingerprint density at radius 2 is 1.90 bits per heavy atom. The highest BCUT2D eigenvalue weighted by molar-refractivity contribution is 7.99. The molecule has 1 fully saturated rings. The predicted molar refractivity (Wildman–Crippen MR) is 124 cm³/mol. The molecule has 2 unspecified atom stereocenters. The van der Waals surface area contributed by atoms with E-state index < -0.39 is 0 Å². The zero-order valence-corrected chi connectivity index (χ0v) is 19.7. The Kier molecular flexibility index (Phi) is 8.12. The molecule has 0 aliphatic heterocycles. The van der Waals surface area contributed by atoms with E-state index in [9.17, 15) is 9.59 Å². The number of carbonyl (C=O) groups excluding carboxylic acids is 2. The lowest BCUT2D eigenvalue weighted by Crippen LogP contribution is -2.41. The van der Waals surface area contributed by atoms with Gasteiger partial charge in [-0.15, -0.1) is 10.2 Å². The van der Waals surface area contributed by atoms with Gasteiger partial charge in [0, 0.05) is 18.3 Å². The lowest BCUT2D eigenvalue weighted by molar-refractivity contribution is -0.120. The summed E-state index contributed by atoms with van der Waals surface area (Å²) in [6.45, 7) is 8.90. The second-order valence-electron chi connectivity index (χ2n) is 8.39. The quantitative estimate of drug-likeness (QED) is 0.605. The van der Waals surface area contributed by atoms with Gasteiger partial charge in [-0.2, -0.15) is 0 Å². The number of hydrogen-bond acceptors (Lipinski definition) is 5. The number of benzene rings is 1. The molecule has 0 saturated heterocycles. The zero-order valence-electron chi connectivity index (χ0n) is 18.9. The fourth-order valence-electron chi connectivity index (χ4n) is 3.95. The first-order chi connectivity index (χ1) is 14.9. The normalized spacial score (nSPS) is 18.6. The molecule has 1 aliphatic rings. The van der Waals surface area contributed by atoms with Crippen LogP contribution in [0.5, 0.6) is 0 Å². The summed E-state index contributed by atoms with van der Waals surface area (Å²) in [6.07, 6.45) is 4.81. The lowest BCUT2D eigenvalue weighted by atomic mass is 9.86. The highest BCUT2D eigenvalue weighted by atomic mass is 32.2. The van der Waals surface area contributed by atoms with E-state index in [4.69, 9.17) is 0 Å². The minimum Gasteiger partial charge on any atom is -0.352 e. The molecule has 2 amide bonds. The molecule has 1 heterocycles. The van der Waals surface area contributed by atoms with Crippen LogP contribution in [0.4, 0.5) is 5.69 Å². The number of thioether (sulfide) groups is 1. The van der Waals surface area contributed by atoms with Gasteiger partial charge in [-0.1, -0.05) is 37.6 Å². The topological polar surface area (TPSA) is 88.9 Å². The van der Waals surface area contributed by atoms with E-state index in [2.05, 4.69) is 27.8 Å². The van der Waals surface area contributed by atoms with Crippen molar-refractivity contribution in [3.05, 3.63) is 35.2 Å². The van der Waals surface area contributed by atoms with Crippen molar-refractivity contribution in [1.29, 1.82) is 0 Å². The van der Waals surface area contributed by atoms with Gasteiger partial charge < -0.3 is 15.2 Å². The van der Waals surface area contributed by atoms with Crippen LogP contribution in [0.25, 0.3) is 0 Å². The molecular weight excluding hydrogens is 410 g/mol. The molecule has 2 N–H and O–H groups in total. The Balaban J connectivity index is 1.55. The van der Waals surface area contributed by atoms with Crippen LogP contribution in [0, 0.1) is 19.8 Å². The summed E-state index contributed by atoms with van der Waals surface area (Å²) < 4.78 is 1.90. The number of nitrogens with zero attached hydrogens (tertiary/aromatic N) is 3. The van der Waals surface area contributed by atoms with Gasteiger partial charge in [0.2, 0.25) is 11.8 Å². The standard InChI is InChI=1S/C23H33N5O2S/c1-5-28-20(13-21(29)24-18-11-10-15(2)17(4)12-18)26-27-23(28)31-14-22(30)25-19-9-7-6-8-16(19)3/h10-12,16,19H,5-9,13-14H2,1-4H3,(H,24,29)(H,25,30). The first kappa shape index (κ1) is 23.3. The average molecular weight is 444 g/mol. The molecule has 168 valence electrons. The third-order valence-electron chi connectivity index (χ3n) is 6.01. The Labute approximate surface area is 188 Å². The van der Waals surface area contributed by atoms with Crippen molar-refractivity contribution in [2.45, 2.75) is 77.5 Å². The van der Waals surface area contributed by atoms with Gasteiger partial charge >= 0.3 is 0 Å². The first-order valence-electron chi connectivity index (χ1n) is 11.1. The van der Waals surface area contributed by atoms with Gasteiger partial charge in [0.15, 0.2) is 5.16 Å². The predicted octanol–water partition coefficient (Wildman–Crippen LogP) is 3.88. The van der Waals surface area contributed by atoms with Gasteiger partial charge in [-0.3, -0.25) is 9.59 Å². The van der Waals surface area contributed by atoms with Crippen LogP contribution in [0.1, 0.15) is 56.5 Å². The number of hydrogen-bond donors (Lipinski definition) is 2. The molecule has 1 saturated carbocycles. The smallest absolute Gasteiger partial charge is 0.232 e. The van der Waals surface area contributed by atoms with Crippen LogP contribution < -0.4 is 10.6 Å². The molecular formula is C23H33N5O2S. The summed E-state index contributed by atoms with van der Waals surface area (Å²) in [5.74, 6) is 1.34. The van der Waals surface area contributed by atoms with Crippen LogP contribution in [0.3, 0.4) is 0 Å². The van der Waals surface area contributed by atoms with Crippen LogP contribution in [0.2, 0.25) is 0 Å². The van der Waals surface area contributed by atoms with E-state index in [-0.39, 0.29) is 24.3 Å². The summed E-state index contributed by atoms with van der Waals surface area (Å²) in [7, 11) is 0. The second kappa shape index (κ2) is 10.8. The highest BCUT2D eigenvalue weighted by Gasteiger charge is 2.23. The van der Waals surface area contributed by atoms with Gasteiger partial charge in [-0.05, 0) is 62.8 Å². The van der Waals surface area contributed by atoms with Crippen LogP contribution >= 0.6 is 11.8 Å². The van der Waals surface area contributed by atoms with Crippen molar-refractivity contribution in [2.75, 3.05) is 11.1 Å². The Morgan fingerprint density at radius 3 is 2.61 bits per heavy atom. The summed E-state index contributed by atoms with van der Waals surface area (Å²) >= 11 is 1.37. The molecule has 2 aromatic rings. The summed E-state index contributed by atoms with van der Waals surface area (Å²) in [4.78, 5) is 24.9. The molecule has 2 atom stereocenters. The molecule has 3 rings (SSSR count). The largest absolute Gasteiger partial charge is 0.352 e. The molecule has 31 heavy (non-hydrogen) atoms. The first-order valence-corrected chi connectivity index (χ1v) is 12.1. The lowest BCUT2D eigenvalue weighted by Gasteiger charge is -2.29. The third kappa shape index (κ3) is 6.32. The summed E-state index contributed by atoms with van der Waals surface area (Å²) in [6, 6.07) is 6.13. The van der Waals surface area contributed by atoms with Gasteiger partial charge in [0.25, 0.3) is 0 Å². The molecule has 0 bridgehead atoms. The monoisotopic (exact) mass is 443 g/mol. The van der Waals surface area contributed by atoms with Crippen molar-refractivity contribution in [1.82, 2.24) is 20.1 Å². The summed E-state index contributed by atoms with van der Waals surface area (Å²) in [5.41, 5.74) is 3.10. The molecule has 0 spiro atoms. The zero-order chi connectivity index (χ0) is 22.4. The maximum Gasteiger partial charge on any atom is 0.232 e. The highest BCUT2D eigenvalue weighted by Crippen LogP contribution is 2.24. The van der Waals surface area contributed by atoms with Crippen molar-refractivity contribution in [2.24, 2.45) is 5.92 Å². The number of rotatable bonds is 8. The maximum absolute atomic E-state index is 12.5. The second-order valence-corrected chi connectivity index (χ2v) is 9.33. The molecule has 1 aliphatic carbocycles. The molecule has 8 heteroatoms. The summed E-state index contributed by atoms with van der Waals surface area (Å²) in [5, 5.41) is 15.2. The Bertz CT molecular complexity index is 927. The maximum atomic E-state index is 12.5. The minimum atomic E-state index is -0.133. The van der Waals surface area contributed by atoms with E-state index >= 15 is 0 Å². The van der Waals surface area contributed by atoms with E-state index in [0.717, 1.165) is 17.7 Å². The number of amides is 2. The number of aryl methyl sites for hydroxylation is 2. The Hall–Kier alpha value is -2.35. The SMILES string of the molecule is CCn1c(CC(=O)Nc2ccc(C)c(C)c2)nnc1SCC(=O)NC1CCCCC1C. The third-order valence-corrected chi connectivity index (χ3v) is 6.98. The molecule has 1 aromatic heterocycles. The number of aromatic nitrogens is 3. The van der Waals surface area contributed by atoms with Crippen LogP contribution in [0.15, 0.2) is 23.4 Å².